The topological polar surface area (TPSA) is 202 Å². The maximum absolute atomic E-state index is 12.7. The minimum absolute atomic E-state index is 0.00894. The Morgan fingerprint density at radius 3 is 2.45 bits per heavy atom. The van der Waals surface area contributed by atoms with Gasteiger partial charge in [0.2, 0.25) is 6.29 Å². The van der Waals surface area contributed by atoms with Gasteiger partial charge in [0.1, 0.15) is 24.4 Å². The van der Waals surface area contributed by atoms with E-state index in [9.17, 15) is 40.2 Å². The number of carbonyl (C=O) groups is 2. The van der Waals surface area contributed by atoms with Gasteiger partial charge in [0.25, 0.3) is 0 Å². The fourth-order valence-corrected chi connectivity index (χ4v) is 4.16. The van der Waals surface area contributed by atoms with Gasteiger partial charge in [0.05, 0.1) is 38.6 Å². The number of aromatic hydroxyl groups is 2. The Hall–Kier alpha value is -3.20. The third-order valence-corrected chi connectivity index (χ3v) is 6.29. The molecule has 0 aromatic heterocycles. The van der Waals surface area contributed by atoms with E-state index in [-0.39, 0.29) is 36.5 Å². The van der Waals surface area contributed by atoms with Gasteiger partial charge in [0.15, 0.2) is 17.8 Å². The number of esters is 2. The maximum Gasteiger partial charge on any atom is 0.337 e. The van der Waals surface area contributed by atoms with Crippen LogP contribution < -0.4 is 0 Å². The molecule has 0 spiro atoms. The highest BCUT2D eigenvalue weighted by molar-refractivity contribution is 5.90. The molecule has 2 aliphatic heterocycles. The van der Waals surface area contributed by atoms with Gasteiger partial charge >= 0.3 is 11.9 Å². The summed E-state index contributed by atoms with van der Waals surface area (Å²) in [6, 6.07) is 4.23. The highest BCUT2D eigenvalue weighted by atomic mass is 16.8. The third kappa shape index (κ3) is 6.62. The summed E-state index contributed by atoms with van der Waals surface area (Å²) < 4.78 is 26.7. The average Bonchev–Trinajstić information content (AvgIpc) is 2.90. The second-order valence-corrected chi connectivity index (χ2v) is 8.71. The number of aliphatic hydroxyl groups excluding tert-OH is 4. The summed E-state index contributed by atoms with van der Waals surface area (Å²) in [6.07, 6.45) is -6.39. The molecule has 0 amide bonds. The van der Waals surface area contributed by atoms with Crippen LogP contribution in [0.5, 0.6) is 11.5 Å². The maximum atomic E-state index is 12.7. The first-order chi connectivity index (χ1) is 18.1. The second-order valence-electron chi connectivity index (χ2n) is 8.71. The van der Waals surface area contributed by atoms with Gasteiger partial charge < -0.3 is 54.3 Å². The number of phenols is 2. The van der Waals surface area contributed by atoms with Gasteiger partial charge in [0, 0.05) is 17.9 Å². The number of ether oxygens (including phenoxy) is 5. The van der Waals surface area contributed by atoms with Crippen LogP contribution in [-0.4, -0.2) is 99.9 Å². The summed E-state index contributed by atoms with van der Waals surface area (Å²) >= 11 is 0. The molecule has 2 heterocycles. The molecule has 0 bridgehead atoms. The Morgan fingerprint density at radius 2 is 1.82 bits per heavy atom. The third-order valence-electron chi connectivity index (χ3n) is 6.29. The monoisotopic (exact) mass is 540 g/mol. The fraction of sp³-hybridized carbons (Fsp3) is 0.520. The van der Waals surface area contributed by atoms with Gasteiger partial charge in [-0.1, -0.05) is 12.1 Å². The zero-order chi connectivity index (χ0) is 28.0. The molecule has 2 aliphatic rings. The molecule has 13 heteroatoms. The molecular weight excluding hydrogens is 508 g/mol. The number of carbonyl (C=O) groups excluding carboxylic acids is 2. The quantitative estimate of drug-likeness (QED) is 0.131. The smallest absolute Gasteiger partial charge is 0.337 e. The Labute approximate surface area is 218 Å². The van der Waals surface area contributed by atoms with Gasteiger partial charge in [-0.3, -0.25) is 4.79 Å². The molecule has 7 atom stereocenters. The van der Waals surface area contributed by atoms with Crippen molar-refractivity contribution in [1.29, 1.82) is 0 Å². The Morgan fingerprint density at radius 1 is 1.08 bits per heavy atom. The van der Waals surface area contributed by atoms with E-state index >= 15 is 0 Å². The normalized spacial score (nSPS) is 30.3. The largest absolute Gasteiger partial charge is 0.504 e. The van der Waals surface area contributed by atoms with E-state index in [1.807, 2.05) is 0 Å². The highest BCUT2D eigenvalue weighted by Crippen LogP contribution is 2.36. The number of allylic oxidation sites excluding steroid dienone is 1. The molecule has 1 saturated heterocycles. The Balaban J connectivity index is 1.71. The van der Waals surface area contributed by atoms with E-state index in [1.165, 1.54) is 12.1 Å². The lowest BCUT2D eigenvalue weighted by Gasteiger charge is -2.41. The van der Waals surface area contributed by atoms with Crippen LogP contribution in [0.3, 0.4) is 0 Å². The number of methoxy groups -OCH3 is 1. The molecule has 210 valence electrons. The van der Waals surface area contributed by atoms with E-state index in [0.717, 1.165) is 13.4 Å². The van der Waals surface area contributed by atoms with Crippen molar-refractivity contribution in [2.45, 2.75) is 56.8 Å². The zero-order valence-electron chi connectivity index (χ0n) is 20.8. The number of aliphatic hydroxyl groups is 4. The van der Waals surface area contributed by atoms with Crippen LogP contribution in [0.4, 0.5) is 0 Å². The highest BCUT2D eigenvalue weighted by Gasteiger charge is 2.46. The number of rotatable bonds is 9. The van der Waals surface area contributed by atoms with Gasteiger partial charge in [-0.05, 0) is 24.6 Å². The molecule has 3 rings (SSSR count). The van der Waals surface area contributed by atoms with Crippen LogP contribution in [0.25, 0.3) is 0 Å². The molecule has 1 fully saturated rings. The lowest BCUT2D eigenvalue weighted by molar-refractivity contribution is -0.327. The number of hydrogen-bond donors (Lipinski definition) is 6. The molecule has 0 saturated carbocycles. The van der Waals surface area contributed by atoms with E-state index < -0.39 is 61.5 Å². The van der Waals surface area contributed by atoms with Crippen LogP contribution in [-0.2, 0) is 39.7 Å². The molecule has 1 aromatic rings. The molecular formula is C25H32O13. The molecule has 6 N–H and O–H groups in total. The van der Waals surface area contributed by atoms with Gasteiger partial charge in [-0.25, -0.2) is 4.79 Å². The first kappa shape index (κ1) is 29.4. The van der Waals surface area contributed by atoms with Gasteiger partial charge in [-0.2, -0.15) is 0 Å². The standard InChI is InChI=1S/C25H32O13/c1-3-13-14(9-19(29)35-7-6-12-4-5-16(27)17(28)8-12)15(23(33)34-2)11-36-24(13)38-25-22(32)21(31)20(30)18(10-26)37-25/h3-5,8,11,14,18,20-22,24-28,30-32H,6-7,9-10H2,1-2H3/b13-3-/t14-,18+,20+,21-,22+,24-,25-/m1/s1. The molecule has 1 aromatic carbocycles. The number of phenolic OH excluding ortho intramolecular Hbond substituents is 2. The molecule has 13 nitrogen and oxygen atoms in total. The van der Waals surface area contributed by atoms with E-state index in [4.69, 9.17) is 23.7 Å². The predicted molar refractivity (Wildman–Crippen MR) is 126 cm³/mol. The first-order valence-electron chi connectivity index (χ1n) is 11.8. The van der Waals surface area contributed by atoms with Gasteiger partial charge in [-0.15, -0.1) is 0 Å². The summed E-state index contributed by atoms with van der Waals surface area (Å²) in [4.78, 5) is 25.1. The van der Waals surface area contributed by atoms with Crippen molar-refractivity contribution in [1.82, 2.24) is 0 Å². The van der Waals surface area contributed by atoms with Crippen LogP contribution in [0.15, 0.2) is 41.7 Å². The summed E-state index contributed by atoms with van der Waals surface area (Å²) in [7, 11) is 1.16. The lowest BCUT2D eigenvalue weighted by atomic mass is 9.86. The molecule has 38 heavy (non-hydrogen) atoms. The van der Waals surface area contributed by atoms with Crippen LogP contribution in [0.1, 0.15) is 18.9 Å². The lowest BCUT2D eigenvalue weighted by Crippen LogP contribution is -2.60. The summed E-state index contributed by atoms with van der Waals surface area (Å²) in [5, 5.41) is 58.8. The molecule has 0 radical (unpaired) electrons. The second kappa shape index (κ2) is 13.0. The van der Waals surface area contributed by atoms with Crippen molar-refractivity contribution in [3.05, 3.63) is 47.2 Å². The van der Waals surface area contributed by atoms with Crippen LogP contribution in [0, 0.1) is 5.92 Å². The molecule has 0 unspecified atom stereocenters. The SMILES string of the molecule is C/C=C1\[C@@H](O[C@H]2O[C@@H](CO)[C@H](O)[C@@H](O)[C@@H]2O)OC=C(C(=O)OC)[C@@H]1CC(=O)OCCc1ccc(O)c(O)c1. The van der Waals surface area contributed by atoms with Crippen molar-refractivity contribution in [3.63, 3.8) is 0 Å². The predicted octanol–water partition coefficient (Wildman–Crippen LogP) is -0.634. The van der Waals surface area contributed by atoms with E-state index in [0.29, 0.717) is 11.1 Å². The van der Waals surface area contributed by atoms with Crippen molar-refractivity contribution in [3.8, 4) is 11.5 Å². The fourth-order valence-electron chi connectivity index (χ4n) is 4.16. The Kier molecular flexibility index (Phi) is 10.1. The minimum Gasteiger partial charge on any atom is -0.504 e. The van der Waals surface area contributed by atoms with Crippen LogP contribution >= 0.6 is 0 Å². The number of benzene rings is 1. The van der Waals surface area contributed by atoms with Crippen molar-refractivity contribution in [2.75, 3.05) is 20.3 Å². The average molecular weight is 541 g/mol. The summed E-state index contributed by atoms with van der Waals surface area (Å²) in [5.41, 5.74) is 0.927. The van der Waals surface area contributed by atoms with Crippen molar-refractivity contribution >= 4 is 11.9 Å². The zero-order valence-corrected chi connectivity index (χ0v) is 20.8. The van der Waals surface area contributed by atoms with E-state index in [1.54, 1.807) is 19.1 Å². The van der Waals surface area contributed by atoms with Crippen molar-refractivity contribution < 1.29 is 63.9 Å². The molecule has 0 aliphatic carbocycles. The van der Waals surface area contributed by atoms with Crippen molar-refractivity contribution in [2.24, 2.45) is 5.92 Å². The summed E-state index contributed by atoms with van der Waals surface area (Å²) in [5.74, 6) is -2.89. The first-order valence-corrected chi connectivity index (χ1v) is 11.8. The Bertz CT molecular complexity index is 1050. The van der Waals surface area contributed by atoms with Crippen LogP contribution in [0.2, 0.25) is 0 Å². The van der Waals surface area contributed by atoms with E-state index in [2.05, 4.69) is 0 Å². The number of hydrogen-bond acceptors (Lipinski definition) is 13. The summed E-state index contributed by atoms with van der Waals surface area (Å²) in [6.45, 7) is 0.912. The minimum atomic E-state index is -1.69.